The first-order valence-electron chi connectivity index (χ1n) is 13.2. The molecule has 0 aliphatic heterocycles. The van der Waals surface area contributed by atoms with Gasteiger partial charge in [0.15, 0.2) is 0 Å². The first-order valence-corrected chi connectivity index (χ1v) is 14.0. The zero-order chi connectivity index (χ0) is 26.3. The molecule has 0 amide bonds. The monoisotopic (exact) mass is 749 g/mol. The van der Waals surface area contributed by atoms with Gasteiger partial charge in [-0.15, -0.1) is 65.7 Å². The summed E-state index contributed by atoms with van der Waals surface area (Å²) in [4.78, 5) is 10.4. The maximum atomic E-state index is 6.98. The van der Waals surface area contributed by atoms with Crippen molar-refractivity contribution in [2.24, 2.45) is 11.8 Å². The predicted octanol–water partition coefficient (Wildman–Crippen LogP) is 8.91. The number of pyridine rings is 2. The molecule has 2 heterocycles. The van der Waals surface area contributed by atoms with E-state index in [9.17, 15) is 0 Å². The second-order valence-electron chi connectivity index (χ2n) is 9.88. The van der Waals surface area contributed by atoms with Gasteiger partial charge in [-0.25, -0.2) is 0 Å². The zero-order valence-electron chi connectivity index (χ0n) is 22.5. The van der Waals surface area contributed by atoms with E-state index in [4.69, 9.17) is 14.7 Å². The summed E-state index contributed by atoms with van der Waals surface area (Å²) in [6.45, 7) is 9.58. The number of aromatic nitrogens is 2. The average molecular weight is 751 g/mol. The third-order valence-corrected chi connectivity index (χ3v) is 7.49. The van der Waals surface area contributed by atoms with E-state index in [0.29, 0.717) is 18.4 Å². The Morgan fingerprint density at radius 2 is 1.42 bits per heavy atom. The van der Waals surface area contributed by atoms with Gasteiger partial charge in [0.05, 0.1) is 18.0 Å². The first kappa shape index (κ1) is 30.4. The van der Waals surface area contributed by atoms with Gasteiger partial charge in [-0.2, -0.15) is 0 Å². The van der Waals surface area contributed by atoms with Crippen molar-refractivity contribution >= 4 is 15.9 Å². The molecule has 4 aromatic rings. The van der Waals surface area contributed by atoms with Crippen molar-refractivity contribution < 1.29 is 25.8 Å². The van der Waals surface area contributed by atoms with E-state index in [2.05, 4.69) is 80.0 Å². The van der Waals surface area contributed by atoms with Crippen molar-refractivity contribution in [1.82, 2.24) is 9.97 Å². The fraction of sp³-hybridized carbons (Fsp3) is 0.333. The van der Waals surface area contributed by atoms with E-state index in [1.165, 1.54) is 0 Å². The Balaban J connectivity index is 0.00000400. The van der Waals surface area contributed by atoms with Crippen molar-refractivity contribution in [3.63, 3.8) is 0 Å². The molecule has 5 heteroatoms. The van der Waals surface area contributed by atoms with E-state index in [-0.39, 0.29) is 21.1 Å². The molecule has 2 aromatic carbocycles. The standard InChI is InChI=1S/C33H35BrN2O.Pt/c1-5-24(3)22-33(37-23-25(4)6-2,31-19-11-17-29(35-31)26-13-8-7-9-14-26)32-20-12-18-30(36-32)27-15-10-16-28(34)21-27;/h7-13,16-21,24-25H,5-6,22-23H2,1-4H3;/q-2;+2. The summed E-state index contributed by atoms with van der Waals surface area (Å²) >= 11 is 3.59. The number of hydrogen-bond acceptors (Lipinski definition) is 3. The van der Waals surface area contributed by atoms with Crippen molar-refractivity contribution in [1.29, 1.82) is 0 Å². The third kappa shape index (κ3) is 7.29. The summed E-state index contributed by atoms with van der Waals surface area (Å²) in [5.74, 6) is 0.831. The van der Waals surface area contributed by atoms with Crippen LogP contribution in [0.3, 0.4) is 0 Å². The molecule has 0 fully saturated rings. The van der Waals surface area contributed by atoms with E-state index in [1.54, 1.807) is 0 Å². The molecule has 0 saturated heterocycles. The second kappa shape index (κ2) is 14.3. The van der Waals surface area contributed by atoms with Crippen LogP contribution in [0.15, 0.2) is 83.3 Å². The summed E-state index contributed by atoms with van der Waals surface area (Å²) < 4.78 is 7.98. The topological polar surface area (TPSA) is 35.0 Å². The van der Waals surface area contributed by atoms with Crippen LogP contribution in [-0.2, 0) is 31.4 Å². The minimum Gasteiger partial charge on any atom is -0.362 e. The largest absolute Gasteiger partial charge is 2.00 e. The number of halogens is 1. The van der Waals surface area contributed by atoms with Crippen LogP contribution in [0.5, 0.6) is 0 Å². The molecule has 3 atom stereocenters. The maximum Gasteiger partial charge on any atom is 2.00 e. The Bertz CT molecular complexity index is 1300. The molecule has 4 rings (SSSR count). The molecular formula is C33H35BrN2OPt. The van der Waals surface area contributed by atoms with Crippen LogP contribution >= 0.6 is 15.9 Å². The fourth-order valence-electron chi connectivity index (χ4n) is 4.34. The molecule has 2 aromatic heterocycles. The Morgan fingerprint density at radius 3 is 2.00 bits per heavy atom. The van der Waals surface area contributed by atoms with Crippen LogP contribution in [0.2, 0.25) is 0 Å². The Morgan fingerprint density at radius 1 is 0.789 bits per heavy atom. The number of benzene rings is 2. The third-order valence-electron chi connectivity index (χ3n) is 6.99. The van der Waals surface area contributed by atoms with Gasteiger partial charge in [0.2, 0.25) is 0 Å². The molecule has 3 nitrogen and oxygen atoms in total. The molecule has 3 unspecified atom stereocenters. The van der Waals surface area contributed by atoms with Crippen LogP contribution in [0, 0.1) is 24.0 Å². The van der Waals surface area contributed by atoms with Gasteiger partial charge in [-0.05, 0) is 41.8 Å². The molecule has 0 aliphatic carbocycles. The van der Waals surface area contributed by atoms with E-state index < -0.39 is 5.60 Å². The Labute approximate surface area is 250 Å². The van der Waals surface area contributed by atoms with Crippen LogP contribution in [-0.4, -0.2) is 16.6 Å². The Kier molecular flexibility index (Phi) is 11.5. The van der Waals surface area contributed by atoms with Gasteiger partial charge >= 0.3 is 21.1 Å². The number of nitrogens with zero attached hydrogens (tertiary/aromatic N) is 2. The molecule has 0 spiro atoms. The van der Waals surface area contributed by atoms with Crippen LogP contribution < -0.4 is 0 Å². The summed E-state index contributed by atoms with van der Waals surface area (Å²) in [6.07, 6.45) is 2.87. The average Bonchev–Trinajstić information content (AvgIpc) is 2.95. The van der Waals surface area contributed by atoms with Gasteiger partial charge < -0.3 is 4.74 Å². The van der Waals surface area contributed by atoms with Crippen molar-refractivity contribution in [2.75, 3.05) is 6.61 Å². The minimum absolute atomic E-state index is 0. The van der Waals surface area contributed by atoms with Crippen LogP contribution in [0.4, 0.5) is 0 Å². The van der Waals surface area contributed by atoms with Crippen molar-refractivity contribution in [3.05, 3.63) is 107 Å². The zero-order valence-corrected chi connectivity index (χ0v) is 26.3. The Hall–Kier alpha value is -2.13. The number of ether oxygens (including phenoxy) is 1. The maximum absolute atomic E-state index is 6.98. The quantitative estimate of drug-likeness (QED) is 0.144. The normalized spacial score (nSPS) is 14.2. The molecule has 0 N–H and O–H groups in total. The van der Waals surface area contributed by atoms with Gasteiger partial charge in [-0.1, -0.05) is 85.2 Å². The molecule has 200 valence electrons. The molecule has 38 heavy (non-hydrogen) atoms. The van der Waals surface area contributed by atoms with Gasteiger partial charge in [0.1, 0.15) is 5.60 Å². The van der Waals surface area contributed by atoms with Crippen molar-refractivity contribution in [2.45, 2.75) is 52.6 Å². The smallest absolute Gasteiger partial charge is 0.362 e. The van der Waals surface area contributed by atoms with E-state index >= 15 is 0 Å². The molecule has 0 radical (unpaired) electrons. The van der Waals surface area contributed by atoms with Gasteiger partial charge in [-0.3, -0.25) is 9.97 Å². The molecule has 0 bridgehead atoms. The predicted molar refractivity (Wildman–Crippen MR) is 155 cm³/mol. The van der Waals surface area contributed by atoms with E-state index in [0.717, 1.165) is 57.6 Å². The first-order chi connectivity index (χ1) is 17.9. The van der Waals surface area contributed by atoms with Crippen molar-refractivity contribution in [3.8, 4) is 22.5 Å². The minimum atomic E-state index is -0.786. The van der Waals surface area contributed by atoms with Gasteiger partial charge in [0, 0.05) is 0 Å². The molecule has 0 saturated carbocycles. The summed E-state index contributed by atoms with van der Waals surface area (Å²) in [6, 6.07) is 33.0. The molecule has 0 aliphatic rings. The molecular weight excluding hydrogens is 715 g/mol. The summed E-state index contributed by atoms with van der Waals surface area (Å²) in [5, 5.41) is 0. The fourth-order valence-corrected chi connectivity index (χ4v) is 4.70. The number of hydrogen-bond donors (Lipinski definition) is 0. The number of rotatable bonds is 11. The summed E-state index contributed by atoms with van der Waals surface area (Å²) in [7, 11) is 0. The van der Waals surface area contributed by atoms with Crippen LogP contribution in [0.1, 0.15) is 58.3 Å². The summed E-state index contributed by atoms with van der Waals surface area (Å²) in [5.41, 5.74) is 4.64. The van der Waals surface area contributed by atoms with Gasteiger partial charge in [0.25, 0.3) is 0 Å². The SMILES string of the molecule is CCC(C)COC(CC(C)CC)(c1cccc(-c2[c-]cccc2)n1)c1cccc(-c2[c-]ccc(Br)c2)n1.[Pt+2]. The second-order valence-corrected chi connectivity index (χ2v) is 10.8. The van der Waals surface area contributed by atoms with E-state index in [1.807, 2.05) is 54.6 Å². The van der Waals surface area contributed by atoms with Crippen LogP contribution in [0.25, 0.3) is 22.5 Å².